The molecule has 708 valence electrons. The highest BCUT2D eigenvalue weighted by Gasteiger charge is 2.52. The minimum Gasteiger partial charge on any atom is -0.478 e. The molecule has 136 heavy (non-hydrogen) atoms. The number of carbonyl (C=O) groups excluding carboxylic acids is 1. The van der Waals surface area contributed by atoms with E-state index in [9.17, 15) is 24.6 Å². The summed E-state index contributed by atoms with van der Waals surface area (Å²) in [7, 11) is 1.45. The standard InChI is InChI=1S/C35H35Cl2N3O5S.2C34H33Cl2N3O5S/c1-42-34(41)19-12-24(18-10-22-7-8-23(11-18)44-22)31-29(13-19)46-35(38-31)40-15-20-9-21(40)14-28(20)43-16-25-32(39-45-33(25)17-5-6-17)30-26(36)3-2-4-27(30)37;2*35-25-2-1-3-26(36)29(25)31-24(32(44-38-31)16-4-5-16)15-42-27-13-20-8-19(27)14-39(20)34-37-30-23(11-18(33(40)41)12-28(30)45-34)17-9-21-6-7-22(10-17)43-21/h2-4,12-13,17-18,20-23,28H,5-11,14-16H2,1H3;2*1-3,11-12,16-17,19-22,27H,4-10,13-15H2,(H,40,41)/t18?,20-,21-,22?,23?,28+;2*17?,19-,20-,21-,22+,27+/m000/s1. The SMILES string of the molecule is COC(=O)c1cc(C2CC3CCC(C2)O3)c2nc(N3C[C@@H]4C[C@H]3C[C@H]4OCc3c(-c4c(Cl)cccc4Cl)noc3C3CC3)sc2c1.O=C(O)c1cc(C2C[C@H]3CC[C@@H](C2)O3)c2nc(N3C[C@@H]4C[C@H]3C[C@H]4OCc3c(-c4c(Cl)cccc4Cl)noc3C3CC3)sc2c1.O=C(O)c1cc(C2C[C@H]3CC[C@@H](C2)O3)c2nc(N3C[C@@H]4C[C@H]3C[C@H]4OCc3c(-c4c(Cl)cccc4Cl)noc3C3CC3)sc2c1. The van der Waals surface area contributed by atoms with Crippen LogP contribution < -0.4 is 14.7 Å². The van der Waals surface area contributed by atoms with E-state index in [-0.39, 0.29) is 60.5 Å². The Morgan fingerprint density at radius 3 is 0.912 bits per heavy atom. The number of nitrogens with zero attached hydrogens (tertiary/aromatic N) is 9. The van der Waals surface area contributed by atoms with Crippen LogP contribution in [-0.4, -0.2) is 158 Å². The number of carbonyl (C=O) groups is 3. The first-order valence-corrected chi connectivity index (χ1v) is 53.2. The zero-order valence-corrected chi connectivity index (χ0v) is 81.7. The summed E-state index contributed by atoms with van der Waals surface area (Å²) >= 11 is 44.3. The molecule has 9 aliphatic heterocycles. The number of esters is 1. The number of benzene rings is 6. The maximum absolute atomic E-state index is 12.7. The number of ether oxygens (including phenoxy) is 7. The number of fused-ring (bicyclic) bond motifs is 15. The van der Waals surface area contributed by atoms with Gasteiger partial charge < -0.3 is 71.6 Å². The Morgan fingerprint density at radius 2 is 0.654 bits per heavy atom. The largest absolute Gasteiger partial charge is 0.478 e. The van der Waals surface area contributed by atoms with E-state index in [1.165, 1.54) is 12.7 Å². The number of piperidine rings is 3. The molecule has 27 rings (SSSR count). The van der Waals surface area contributed by atoms with Crippen molar-refractivity contribution in [3.8, 4) is 33.8 Å². The Hall–Kier alpha value is -8.07. The van der Waals surface area contributed by atoms with Crippen LogP contribution in [0.15, 0.2) is 105 Å². The molecule has 9 saturated heterocycles. The number of carboxylic acids is 2. The number of carboxylic acid groups (broad SMARTS) is 2. The predicted octanol–water partition coefficient (Wildman–Crippen LogP) is 25.4. The number of rotatable bonds is 24. The number of aromatic nitrogens is 6. The van der Waals surface area contributed by atoms with Gasteiger partial charge in [-0.3, -0.25) is 0 Å². The summed E-state index contributed by atoms with van der Waals surface area (Å²) in [5, 5.41) is 39.4. The Kier molecular flexibility index (Phi) is 23.7. The monoisotopic (exact) mass is 2010 g/mol. The molecule has 6 aliphatic carbocycles. The molecule has 12 bridgehead atoms. The molecule has 12 aromatic rings. The van der Waals surface area contributed by atoms with Crippen molar-refractivity contribution in [2.75, 3.05) is 41.4 Å². The molecule has 15 fully saturated rings. The predicted molar refractivity (Wildman–Crippen MR) is 523 cm³/mol. The van der Waals surface area contributed by atoms with Gasteiger partial charge in [0.25, 0.3) is 0 Å². The summed E-state index contributed by atoms with van der Waals surface area (Å²) in [5.41, 5.74) is 14.6. The molecule has 17 atom stereocenters. The van der Waals surface area contributed by atoms with Gasteiger partial charge in [0.1, 0.15) is 34.4 Å². The maximum Gasteiger partial charge on any atom is 0.337 e. The third-order valence-electron chi connectivity index (χ3n) is 32.0. The highest BCUT2D eigenvalue weighted by atomic mass is 35.5. The van der Waals surface area contributed by atoms with Gasteiger partial charge in [0.05, 0.1) is 159 Å². The van der Waals surface area contributed by atoms with Crippen molar-refractivity contribution in [1.29, 1.82) is 0 Å². The number of anilines is 3. The Labute approximate surface area is 826 Å². The van der Waals surface area contributed by atoms with Crippen LogP contribution in [0.3, 0.4) is 0 Å². The van der Waals surface area contributed by atoms with E-state index >= 15 is 0 Å². The number of methoxy groups -OCH3 is 1. The summed E-state index contributed by atoms with van der Waals surface area (Å²) in [4.78, 5) is 59.8. The Bertz CT molecular complexity index is 6370. The van der Waals surface area contributed by atoms with Crippen molar-refractivity contribution in [2.45, 2.75) is 282 Å². The van der Waals surface area contributed by atoms with E-state index in [0.29, 0.717) is 172 Å². The molecule has 6 aromatic carbocycles. The highest BCUT2D eigenvalue weighted by Crippen LogP contribution is 2.57. The van der Waals surface area contributed by atoms with Crippen molar-refractivity contribution in [3.63, 3.8) is 0 Å². The first kappa shape index (κ1) is 89.3. The van der Waals surface area contributed by atoms with Crippen molar-refractivity contribution in [2.24, 2.45) is 17.8 Å². The number of hydrogen-bond acceptors (Lipinski definition) is 25. The number of hydrogen-bond donors (Lipinski definition) is 2. The van der Waals surface area contributed by atoms with Crippen LogP contribution in [0.25, 0.3) is 64.4 Å². The molecule has 2 N–H and O–H groups in total. The second kappa shape index (κ2) is 36.2. The average molecular weight is 2010 g/mol. The molecule has 0 amide bonds. The summed E-state index contributed by atoms with van der Waals surface area (Å²) in [6.45, 7) is 3.90. The van der Waals surface area contributed by atoms with Crippen LogP contribution in [0.2, 0.25) is 30.1 Å². The van der Waals surface area contributed by atoms with Gasteiger partial charge >= 0.3 is 17.9 Å². The minimum absolute atomic E-state index is 0.129. The lowest BCUT2D eigenvalue weighted by atomic mass is 9.87. The topological polar surface area (TPSA) is 283 Å². The maximum atomic E-state index is 12.7. The van der Waals surface area contributed by atoms with Gasteiger partial charge in [-0.25, -0.2) is 29.3 Å². The summed E-state index contributed by atoms with van der Waals surface area (Å²) in [5.74, 6) is 3.85. The fourth-order valence-electron chi connectivity index (χ4n) is 25.0. The molecule has 15 aliphatic rings. The van der Waals surface area contributed by atoms with Gasteiger partial charge in [0, 0.05) is 107 Å². The molecule has 6 aromatic heterocycles. The zero-order chi connectivity index (χ0) is 91.9. The van der Waals surface area contributed by atoms with E-state index in [0.717, 1.165) is 265 Å². The third-order valence-corrected chi connectivity index (χ3v) is 37.0. The molecule has 0 spiro atoms. The fraction of sp³-hybridized carbons (Fsp3) is 0.505. The minimum atomic E-state index is -0.888. The number of aromatic carboxylic acids is 2. The van der Waals surface area contributed by atoms with E-state index < -0.39 is 11.9 Å². The smallest absolute Gasteiger partial charge is 0.337 e. The van der Waals surface area contributed by atoms with E-state index in [4.69, 9.17) is 131 Å². The lowest BCUT2D eigenvalue weighted by Crippen LogP contribution is -2.38. The second-order valence-corrected chi connectivity index (χ2v) is 46.1. The average Bonchev–Trinajstić information content (AvgIpc) is 1.60. The van der Waals surface area contributed by atoms with Gasteiger partial charge in [-0.1, -0.05) is 137 Å². The van der Waals surface area contributed by atoms with Gasteiger partial charge in [-0.15, -0.1) is 0 Å². The van der Waals surface area contributed by atoms with Crippen LogP contribution in [0.5, 0.6) is 0 Å². The lowest BCUT2D eigenvalue weighted by Gasteiger charge is -2.31. The number of halogens is 6. The second-order valence-electron chi connectivity index (χ2n) is 40.6. The van der Waals surface area contributed by atoms with Crippen LogP contribution >= 0.6 is 104 Å². The molecule has 6 saturated carbocycles. The molecule has 4 unspecified atom stereocenters. The van der Waals surface area contributed by atoms with Crippen LogP contribution in [0.1, 0.15) is 271 Å². The summed E-state index contributed by atoms with van der Waals surface area (Å²) < 4.78 is 64.0. The van der Waals surface area contributed by atoms with Gasteiger partial charge in [0.15, 0.2) is 15.4 Å². The van der Waals surface area contributed by atoms with E-state index in [1.54, 1.807) is 46.1 Å². The number of thiazole rings is 3. The van der Waals surface area contributed by atoms with Crippen LogP contribution in [-0.2, 0) is 53.0 Å². The van der Waals surface area contributed by atoms with Gasteiger partial charge in [0.2, 0.25) is 0 Å². The van der Waals surface area contributed by atoms with Crippen molar-refractivity contribution >= 4 is 168 Å². The molecule has 33 heteroatoms. The third kappa shape index (κ3) is 16.8. The van der Waals surface area contributed by atoms with Crippen molar-refractivity contribution < 1.29 is 71.3 Å². The van der Waals surface area contributed by atoms with Crippen LogP contribution in [0.4, 0.5) is 15.4 Å². The van der Waals surface area contributed by atoms with Crippen molar-refractivity contribution in [3.05, 3.63) is 188 Å². The molecule has 24 nitrogen and oxygen atoms in total. The Balaban J connectivity index is 0.000000109. The summed E-state index contributed by atoms with van der Waals surface area (Å²) in [6.07, 6.45) is 27.0. The molecule has 0 radical (unpaired) electrons. The first-order valence-electron chi connectivity index (χ1n) is 48.5. The van der Waals surface area contributed by atoms with Gasteiger partial charge in [-0.2, -0.15) is 0 Å². The molecular weight excluding hydrogens is 1910 g/mol. The van der Waals surface area contributed by atoms with Crippen LogP contribution in [0, 0.1) is 17.8 Å². The molecule has 15 heterocycles. The van der Waals surface area contributed by atoms with Crippen molar-refractivity contribution in [1.82, 2.24) is 30.4 Å². The zero-order valence-electron chi connectivity index (χ0n) is 74.7. The first-order chi connectivity index (χ1) is 66.2. The fourth-order valence-corrected chi connectivity index (χ4v) is 30.1. The lowest BCUT2D eigenvalue weighted by molar-refractivity contribution is -0.00384. The highest BCUT2D eigenvalue weighted by molar-refractivity contribution is 7.23. The Morgan fingerprint density at radius 1 is 0.375 bits per heavy atom. The van der Waals surface area contributed by atoms with E-state index in [1.807, 2.05) is 78.9 Å². The van der Waals surface area contributed by atoms with Gasteiger partial charge in [-0.05, 0) is 261 Å². The molecular formula is C103H101Cl6N9O15S3. The summed E-state index contributed by atoms with van der Waals surface area (Å²) in [6, 6.07) is 28.8. The van der Waals surface area contributed by atoms with E-state index in [2.05, 4.69) is 30.2 Å². The normalized spacial score (nSPS) is 28.7. The quantitative estimate of drug-likeness (QED) is 0.0532.